The maximum atomic E-state index is 12.8. The van der Waals surface area contributed by atoms with Crippen molar-refractivity contribution in [2.75, 3.05) is 32.7 Å². The molecule has 1 aromatic carbocycles. The highest BCUT2D eigenvalue weighted by atomic mass is 35.5. The molecule has 3 fully saturated rings. The van der Waals surface area contributed by atoms with E-state index in [2.05, 4.69) is 14.5 Å². The minimum Gasteiger partial charge on any atom is -0.406 e. The lowest BCUT2D eigenvalue weighted by Gasteiger charge is -2.47. The normalized spacial score (nSPS) is 25.1. The van der Waals surface area contributed by atoms with Gasteiger partial charge in [-0.2, -0.15) is 0 Å². The van der Waals surface area contributed by atoms with Crippen LogP contribution in [-0.2, 0) is 0 Å². The Labute approximate surface area is 201 Å². The highest BCUT2D eigenvalue weighted by molar-refractivity contribution is 5.85. The summed E-state index contributed by atoms with van der Waals surface area (Å²) in [7, 11) is 0. The lowest BCUT2D eigenvalue weighted by molar-refractivity contribution is -0.274. The zero-order valence-corrected chi connectivity index (χ0v) is 20.0. The van der Waals surface area contributed by atoms with Crippen LogP contribution in [0.4, 0.5) is 13.2 Å². The molecule has 2 heterocycles. The summed E-state index contributed by atoms with van der Waals surface area (Å²) in [6, 6.07) is 6.82. The summed E-state index contributed by atoms with van der Waals surface area (Å²) in [4.78, 5) is 4.99. The van der Waals surface area contributed by atoms with Gasteiger partial charge in [0.1, 0.15) is 5.75 Å². The van der Waals surface area contributed by atoms with Crippen LogP contribution < -0.4 is 4.74 Å². The minimum absolute atomic E-state index is 0. The zero-order valence-electron chi connectivity index (χ0n) is 18.4. The Hall–Kier alpha value is -0.730. The van der Waals surface area contributed by atoms with Crippen molar-refractivity contribution in [2.24, 2.45) is 0 Å². The molecule has 1 saturated carbocycles. The summed E-state index contributed by atoms with van der Waals surface area (Å²) in [5, 5.41) is 11.6. The zero-order chi connectivity index (χ0) is 21.2. The molecule has 0 bridgehead atoms. The van der Waals surface area contributed by atoms with E-state index in [1.165, 1.54) is 37.9 Å². The number of aliphatic hydroxyl groups is 1. The average Bonchev–Trinajstić information content (AvgIpc) is 2.71. The fourth-order valence-corrected chi connectivity index (χ4v) is 5.67. The Balaban J connectivity index is 0.00000181. The predicted octanol–water partition coefficient (Wildman–Crippen LogP) is 5.38. The fraction of sp³-hybridized carbons (Fsp3) is 0.739. The molecule has 2 atom stereocenters. The summed E-state index contributed by atoms with van der Waals surface area (Å²) in [5.41, 5.74) is -0.133. The van der Waals surface area contributed by atoms with Gasteiger partial charge in [-0.1, -0.05) is 37.8 Å². The van der Waals surface area contributed by atoms with Crippen LogP contribution in [0.5, 0.6) is 5.75 Å². The van der Waals surface area contributed by atoms with Gasteiger partial charge in [0.2, 0.25) is 0 Å². The first-order valence-electron chi connectivity index (χ1n) is 11.4. The summed E-state index contributed by atoms with van der Waals surface area (Å²) in [6.07, 6.45) is 3.45. The van der Waals surface area contributed by atoms with Gasteiger partial charge in [0.15, 0.2) is 0 Å². The number of piperidine rings is 1. The highest BCUT2D eigenvalue weighted by Gasteiger charge is 2.41. The lowest BCUT2D eigenvalue weighted by atomic mass is 9.72. The number of hydrogen-bond donors (Lipinski definition) is 1. The Morgan fingerprint density at radius 1 is 1.03 bits per heavy atom. The number of ether oxygens (including phenoxy) is 1. The molecule has 9 heteroatoms. The van der Waals surface area contributed by atoms with Crippen LogP contribution in [0.25, 0.3) is 0 Å². The third-order valence-corrected chi connectivity index (χ3v) is 7.22. The van der Waals surface area contributed by atoms with Gasteiger partial charge < -0.3 is 9.84 Å². The van der Waals surface area contributed by atoms with Crippen LogP contribution in [0.15, 0.2) is 24.3 Å². The Kier molecular flexibility index (Phi) is 9.98. The van der Waals surface area contributed by atoms with E-state index in [0.717, 1.165) is 44.5 Å². The van der Waals surface area contributed by atoms with Crippen molar-refractivity contribution >= 4 is 24.8 Å². The monoisotopic (exact) mass is 498 g/mol. The van der Waals surface area contributed by atoms with Crippen molar-refractivity contribution in [3.8, 4) is 5.75 Å². The van der Waals surface area contributed by atoms with E-state index in [1.807, 2.05) is 6.07 Å². The van der Waals surface area contributed by atoms with Gasteiger partial charge in [0.25, 0.3) is 0 Å². The molecule has 184 valence electrons. The van der Waals surface area contributed by atoms with E-state index < -0.39 is 12.0 Å². The van der Waals surface area contributed by atoms with Crippen LogP contribution in [0.3, 0.4) is 0 Å². The number of piperazine rings is 1. The Morgan fingerprint density at radius 3 is 2.50 bits per heavy atom. The molecule has 0 aromatic heterocycles. The minimum atomic E-state index is -4.72. The maximum Gasteiger partial charge on any atom is 0.573 e. The molecular weight excluding hydrogens is 464 g/mol. The van der Waals surface area contributed by atoms with Gasteiger partial charge >= 0.3 is 6.36 Å². The summed E-state index contributed by atoms with van der Waals surface area (Å²) < 4.78 is 42.4. The molecule has 0 amide bonds. The maximum absolute atomic E-state index is 12.8. The molecule has 3 aliphatic rings. The first kappa shape index (κ1) is 27.5. The van der Waals surface area contributed by atoms with E-state index in [-0.39, 0.29) is 36.5 Å². The molecule has 2 saturated heterocycles. The molecule has 4 rings (SSSR count). The first-order chi connectivity index (χ1) is 14.3. The number of rotatable bonds is 5. The van der Waals surface area contributed by atoms with Crippen LogP contribution in [0.1, 0.15) is 62.8 Å². The SMILES string of the molecule is Cl.Cl.OC1(C(CN2CCN3CCCCC3C2)c2cccc(OC(F)(F)F)c2)CCCCC1. The van der Waals surface area contributed by atoms with Crippen molar-refractivity contribution in [3.05, 3.63) is 29.8 Å². The topological polar surface area (TPSA) is 35.9 Å². The predicted molar refractivity (Wildman–Crippen MR) is 124 cm³/mol. The quantitative estimate of drug-likeness (QED) is 0.591. The van der Waals surface area contributed by atoms with Crippen molar-refractivity contribution in [1.29, 1.82) is 0 Å². The lowest BCUT2D eigenvalue weighted by Crippen LogP contribution is -2.56. The van der Waals surface area contributed by atoms with Crippen molar-refractivity contribution < 1.29 is 23.0 Å². The van der Waals surface area contributed by atoms with Gasteiger partial charge in [0.05, 0.1) is 5.60 Å². The van der Waals surface area contributed by atoms with Crippen molar-refractivity contribution in [2.45, 2.75) is 75.3 Å². The van der Waals surface area contributed by atoms with Crippen molar-refractivity contribution in [3.63, 3.8) is 0 Å². The van der Waals surface area contributed by atoms with Crippen LogP contribution in [0.2, 0.25) is 0 Å². The van der Waals surface area contributed by atoms with Gasteiger partial charge in [-0.3, -0.25) is 9.80 Å². The van der Waals surface area contributed by atoms with E-state index in [1.54, 1.807) is 6.07 Å². The smallest absolute Gasteiger partial charge is 0.406 e. The fourth-order valence-electron chi connectivity index (χ4n) is 5.67. The third kappa shape index (κ3) is 6.89. The van der Waals surface area contributed by atoms with Gasteiger partial charge in [-0.25, -0.2) is 0 Å². The first-order valence-corrected chi connectivity index (χ1v) is 11.4. The standard InChI is InChI=1S/C23H33F3N2O2.2ClH/c24-23(25,26)30-20-9-6-7-18(15-20)21(22(29)10-3-1-4-11-22)17-27-13-14-28-12-5-2-8-19(28)16-27;;/h6-7,9,15,19,21,29H,1-5,8,10-14,16-17H2;2*1H. The highest BCUT2D eigenvalue weighted by Crippen LogP contribution is 2.42. The molecule has 4 nitrogen and oxygen atoms in total. The Bertz CT molecular complexity index is 717. The second-order valence-corrected chi connectivity index (χ2v) is 9.28. The van der Waals surface area contributed by atoms with E-state index in [0.29, 0.717) is 25.4 Å². The van der Waals surface area contributed by atoms with E-state index >= 15 is 0 Å². The molecule has 32 heavy (non-hydrogen) atoms. The number of fused-ring (bicyclic) bond motifs is 1. The van der Waals surface area contributed by atoms with Gasteiger partial charge in [0, 0.05) is 38.1 Å². The van der Waals surface area contributed by atoms with Gasteiger partial charge in [-0.05, 0) is 49.9 Å². The number of hydrogen-bond acceptors (Lipinski definition) is 4. The second-order valence-electron chi connectivity index (χ2n) is 9.28. The summed E-state index contributed by atoms with van der Waals surface area (Å²) in [6.45, 7) is 4.80. The molecular formula is C23H35Cl2F3N2O2. The van der Waals surface area contributed by atoms with Gasteiger partial charge in [-0.15, -0.1) is 38.0 Å². The summed E-state index contributed by atoms with van der Waals surface area (Å²) >= 11 is 0. The second kappa shape index (κ2) is 11.6. The molecule has 1 N–H and O–H groups in total. The summed E-state index contributed by atoms with van der Waals surface area (Å²) in [5.74, 6) is -0.425. The number of halogens is 5. The number of alkyl halides is 3. The third-order valence-electron chi connectivity index (χ3n) is 7.22. The van der Waals surface area contributed by atoms with Crippen LogP contribution >= 0.6 is 24.8 Å². The molecule has 1 aromatic rings. The average molecular weight is 499 g/mol. The molecule has 2 aliphatic heterocycles. The molecule has 2 unspecified atom stereocenters. The Morgan fingerprint density at radius 2 is 1.78 bits per heavy atom. The molecule has 1 aliphatic carbocycles. The van der Waals surface area contributed by atoms with Crippen molar-refractivity contribution in [1.82, 2.24) is 9.80 Å². The number of benzene rings is 1. The number of nitrogens with zero attached hydrogens (tertiary/aromatic N) is 2. The van der Waals surface area contributed by atoms with Crippen LogP contribution in [0, 0.1) is 0 Å². The largest absolute Gasteiger partial charge is 0.573 e. The van der Waals surface area contributed by atoms with E-state index in [4.69, 9.17) is 0 Å². The molecule has 0 radical (unpaired) electrons. The van der Waals surface area contributed by atoms with E-state index in [9.17, 15) is 18.3 Å². The molecule has 0 spiro atoms. The van der Waals surface area contributed by atoms with Crippen LogP contribution in [-0.4, -0.2) is 65.6 Å².